The number of nitro benzene ring substituents is 1. The van der Waals surface area contributed by atoms with E-state index in [-0.39, 0.29) is 16.7 Å². The Labute approximate surface area is 113 Å². The molecule has 1 aliphatic rings. The maximum absolute atomic E-state index is 11.2. The highest BCUT2D eigenvalue weighted by atomic mass is 16.6. The average Bonchev–Trinajstić information content (AvgIpc) is 2.77. The van der Waals surface area contributed by atoms with Crippen molar-refractivity contribution < 1.29 is 4.92 Å². The number of likely N-dealkylation sites (tertiary alicyclic amines) is 1. The molecule has 0 radical (unpaired) electrons. The Bertz CT molecular complexity index is 450. The van der Waals surface area contributed by atoms with E-state index in [0.717, 1.165) is 31.6 Å². The second-order valence-corrected chi connectivity index (χ2v) is 5.10. The van der Waals surface area contributed by atoms with Crippen LogP contribution in [0.5, 0.6) is 0 Å². The summed E-state index contributed by atoms with van der Waals surface area (Å²) in [6, 6.07) is 7.25. The van der Waals surface area contributed by atoms with Gasteiger partial charge >= 0.3 is 0 Å². The van der Waals surface area contributed by atoms with Crippen LogP contribution in [0.4, 0.5) is 5.69 Å². The van der Waals surface area contributed by atoms with Crippen LogP contribution in [0.3, 0.4) is 0 Å². The minimum atomic E-state index is -0.272. The molecule has 2 atom stereocenters. The molecule has 0 amide bonds. The summed E-state index contributed by atoms with van der Waals surface area (Å²) in [6.45, 7) is 4.92. The average molecular weight is 263 g/mol. The van der Waals surface area contributed by atoms with Gasteiger partial charge in [-0.2, -0.15) is 0 Å². The first-order chi connectivity index (χ1) is 9.15. The van der Waals surface area contributed by atoms with Gasteiger partial charge in [0, 0.05) is 17.7 Å². The van der Waals surface area contributed by atoms with Gasteiger partial charge in [-0.25, -0.2) is 0 Å². The van der Waals surface area contributed by atoms with Gasteiger partial charge in [0.15, 0.2) is 0 Å². The Morgan fingerprint density at radius 2 is 2.21 bits per heavy atom. The van der Waals surface area contributed by atoms with Crippen LogP contribution in [-0.2, 0) is 0 Å². The zero-order chi connectivity index (χ0) is 13.8. The van der Waals surface area contributed by atoms with Crippen LogP contribution in [0.1, 0.15) is 24.9 Å². The molecule has 0 aliphatic carbocycles. The molecule has 1 aliphatic heterocycles. The van der Waals surface area contributed by atoms with Crippen LogP contribution in [0.2, 0.25) is 0 Å². The van der Waals surface area contributed by atoms with Crippen molar-refractivity contribution >= 4 is 5.69 Å². The monoisotopic (exact) mass is 263 g/mol. The van der Waals surface area contributed by atoms with E-state index in [1.54, 1.807) is 12.1 Å². The topological polar surface area (TPSA) is 58.4 Å². The van der Waals surface area contributed by atoms with Gasteiger partial charge in [-0.3, -0.25) is 15.0 Å². The molecule has 1 fully saturated rings. The summed E-state index contributed by atoms with van der Waals surface area (Å²) < 4.78 is 0. The predicted octanol–water partition coefficient (Wildman–Crippen LogP) is 2.20. The smallest absolute Gasteiger partial charge is 0.274 e. The third kappa shape index (κ3) is 2.93. The maximum Gasteiger partial charge on any atom is 0.274 e. The second kappa shape index (κ2) is 6.12. The number of nitro groups is 1. The minimum Gasteiger partial charge on any atom is -0.317 e. The van der Waals surface area contributed by atoms with Crippen LogP contribution in [-0.4, -0.2) is 36.5 Å². The van der Waals surface area contributed by atoms with Gasteiger partial charge < -0.3 is 5.32 Å². The molecule has 104 valence electrons. The molecule has 0 aromatic heterocycles. The van der Waals surface area contributed by atoms with Crippen molar-refractivity contribution in [3.8, 4) is 0 Å². The second-order valence-electron chi connectivity index (χ2n) is 5.10. The van der Waals surface area contributed by atoms with E-state index in [2.05, 4.69) is 17.1 Å². The van der Waals surface area contributed by atoms with Crippen molar-refractivity contribution in [1.82, 2.24) is 10.2 Å². The number of benzene rings is 1. The number of rotatable bonds is 5. The van der Waals surface area contributed by atoms with Gasteiger partial charge in [-0.15, -0.1) is 0 Å². The van der Waals surface area contributed by atoms with Crippen molar-refractivity contribution in [2.45, 2.75) is 19.4 Å². The third-order valence-electron chi connectivity index (χ3n) is 3.88. The summed E-state index contributed by atoms with van der Waals surface area (Å²) in [5, 5.41) is 14.5. The number of para-hydroxylation sites is 1. The highest BCUT2D eigenvalue weighted by Gasteiger charge is 2.36. The molecule has 5 nitrogen and oxygen atoms in total. The number of hydrogen-bond donors (Lipinski definition) is 1. The summed E-state index contributed by atoms with van der Waals surface area (Å²) in [6.07, 6.45) is 1.08. The fourth-order valence-electron chi connectivity index (χ4n) is 2.96. The molecule has 0 bridgehead atoms. The van der Waals surface area contributed by atoms with Crippen LogP contribution in [0.15, 0.2) is 24.3 Å². The standard InChI is InChI=1S/C14H21N3O2/c1-3-15-10-11-8-9-16(2)14(11)12-6-4-5-7-13(12)17(18)19/h4-7,11,14-15H,3,8-10H2,1-2H3. The molecule has 1 aromatic rings. The molecule has 19 heavy (non-hydrogen) atoms. The Hall–Kier alpha value is -1.46. The largest absolute Gasteiger partial charge is 0.317 e. The normalized spacial score (nSPS) is 23.7. The first-order valence-electron chi connectivity index (χ1n) is 6.79. The van der Waals surface area contributed by atoms with Gasteiger partial charge in [-0.1, -0.05) is 25.1 Å². The van der Waals surface area contributed by atoms with Crippen LogP contribution in [0, 0.1) is 16.0 Å². The van der Waals surface area contributed by atoms with Crippen LogP contribution < -0.4 is 5.32 Å². The Balaban J connectivity index is 2.29. The highest BCUT2D eigenvalue weighted by Crippen LogP contribution is 2.39. The zero-order valence-electron chi connectivity index (χ0n) is 11.5. The molecule has 1 aromatic carbocycles. The highest BCUT2D eigenvalue weighted by molar-refractivity contribution is 5.42. The SMILES string of the molecule is CCNCC1CCN(C)C1c1ccccc1[N+](=O)[O-]. The molecule has 1 N–H and O–H groups in total. The van der Waals surface area contributed by atoms with E-state index in [1.807, 2.05) is 19.2 Å². The van der Waals surface area contributed by atoms with Gasteiger partial charge in [0.1, 0.15) is 0 Å². The number of hydrogen-bond acceptors (Lipinski definition) is 4. The fourth-order valence-corrected chi connectivity index (χ4v) is 2.96. The van der Waals surface area contributed by atoms with E-state index >= 15 is 0 Å². The quantitative estimate of drug-likeness (QED) is 0.653. The Kier molecular flexibility index (Phi) is 4.50. The lowest BCUT2D eigenvalue weighted by Crippen LogP contribution is -2.28. The molecule has 5 heteroatoms. The van der Waals surface area contributed by atoms with Crippen LogP contribution in [0.25, 0.3) is 0 Å². The molecule has 2 rings (SSSR count). The van der Waals surface area contributed by atoms with Gasteiger partial charge in [-0.05, 0) is 39.0 Å². The third-order valence-corrected chi connectivity index (χ3v) is 3.88. The molecule has 1 heterocycles. The first-order valence-corrected chi connectivity index (χ1v) is 6.79. The summed E-state index contributed by atoms with van der Waals surface area (Å²) in [5.41, 5.74) is 1.08. The first kappa shape index (κ1) is 14.0. The van der Waals surface area contributed by atoms with Crippen molar-refractivity contribution in [3.63, 3.8) is 0 Å². The fraction of sp³-hybridized carbons (Fsp3) is 0.571. The zero-order valence-corrected chi connectivity index (χ0v) is 11.5. The predicted molar refractivity (Wildman–Crippen MR) is 75.1 cm³/mol. The van der Waals surface area contributed by atoms with E-state index in [0.29, 0.717) is 5.92 Å². The molecule has 1 saturated heterocycles. The van der Waals surface area contributed by atoms with Gasteiger partial charge in [0.25, 0.3) is 5.69 Å². The van der Waals surface area contributed by atoms with E-state index in [1.165, 1.54) is 0 Å². The number of nitrogens with zero attached hydrogens (tertiary/aromatic N) is 2. The molecular weight excluding hydrogens is 242 g/mol. The molecule has 0 saturated carbocycles. The summed E-state index contributed by atoms with van der Waals surface area (Å²) in [5.74, 6) is 0.436. The summed E-state index contributed by atoms with van der Waals surface area (Å²) >= 11 is 0. The lowest BCUT2D eigenvalue weighted by molar-refractivity contribution is -0.386. The van der Waals surface area contributed by atoms with Gasteiger partial charge in [0.05, 0.1) is 4.92 Å². The summed E-state index contributed by atoms with van der Waals surface area (Å²) in [7, 11) is 2.05. The Morgan fingerprint density at radius 1 is 1.47 bits per heavy atom. The van der Waals surface area contributed by atoms with E-state index in [9.17, 15) is 10.1 Å². The summed E-state index contributed by atoms with van der Waals surface area (Å²) in [4.78, 5) is 13.1. The molecule has 2 unspecified atom stereocenters. The lowest BCUT2D eigenvalue weighted by atomic mass is 9.92. The van der Waals surface area contributed by atoms with Gasteiger partial charge in [0.2, 0.25) is 0 Å². The van der Waals surface area contributed by atoms with Crippen LogP contribution >= 0.6 is 0 Å². The van der Waals surface area contributed by atoms with E-state index in [4.69, 9.17) is 0 Å². The maximum atomic E-state index is 11.2. The Morgan fingerprint density at radius 3 is 2.89 bits per heavy atom. The lowest BCUT2D eigenvalue weighted by Gasteiger charge is -2.25. The van der Waals surface area contributed by atoms with Crippen molar-refractivity contribution in [2.24, 2.45) is 5.92 Å². The van der Waals surface area contributed by atoms with Crippen molar-refractivity contribution in [1.29, 1.82) is 0 Å². The van der Waals surface area contributed by atoms with E-state index < -0.39 is 0 Å². The molecule has 0 spiro atoms. The van der Waals surface area contributed by atoms with Crippen molar-refractivity contribution in [2.75, 3.05) is 26.7 Å². The number of nitrogens with one attached hydrogen (secondary N) is 1. The van der Waals surface area contributed by atoms with Crippen molar-refractivity contribution in [3.05, 3.63) is 39.9 Å². The molecular formula is C14H21N3O2. The minimum absolute atomic E-state index is 0.139.